The van der Waals surface area contributed by atoms with Crippen LogP contribution < -0.4 is 0 Å². The number of allylic oxidation sites excluding steroid dienone is 1. The summed E-state index contributed by atoms with van der Waals surface area (Å²) in [5, 5.41) is 0. The first-order valence-corrected chi connectivity index (χ1v) is 10.7. The Morgan fingerprint density at radius 2 is 1.82 bits per heavy atom. The van der Waals surface area contributed by atoms with Gasteiger partial charge in [-0.2, -0.15) is 0 Å². The molecule has 1 aliphatic carbocycles. The molecule has 2 saturated heterocycles. The number of carbonyl (C=O) groups excluding carboxylic acids is 1. The lowest BCUT2D eigenvalue weighted by atomic mass is 9.66. The summed E-state index contributed by atoms with van der Waals surface area (Å²) in [6.45, 7) is 8.97. The van der Waals surface area contributed by atoms with E-state index in [1.807, 2.05) is 31.7 Å². The van der Waals surface area contributed by atoms with Gasteiger partial charge >= 0.3 is 6.09 Å². The maximum Gasteiger partial charge on any atom is 0.410 e. The van der Waals surface area contributed by atoms with Crippen LogP contribution in [0.4, 0.5) is 4.79 Å². The molecule has 1 aromatic carbocycles. The second-order valence-corrected chi connectivity index (χ2v) is 9.11. The van der Waals surface area contributed by atoms with E-state index in [1.165, 1.54) is 24.8 Å². The molecule has 154 valence electrons. The minimum atomic E-state index is -0.414. The van der Waals surface area contributed by atoms with Crippen molar-refractivity contribution >= 4 is 6.09 Å². The molecule has 28 heavy (non-hydrogen) atoms. The molecule has 4 nitrogen and oxygen atoms in total. The molecular formula is C24H35NO3. The molecule has 3 fully saturated rings. The van der Waals surface area contributed by atoms with E-state index in [0.29, 0.717) is 18.4 Å². The molecule has 2 bridgehead atoms. The van der Waals surface area contributed by atoms with Gasteiger partial charge in [0, 0.05) is 19.7 Å². The van der Waals surface area contributed by atoms with E-state index in [4.69, 9.17) is 9.47 Å². The number of rotatable bonds is 8. The van der Waals surface area contributed by atoms with Gasteiger partial charge in [-0.3, -0.25) is 0 Å². The molecular weight excluding hydrogens is 350 g/mol. The first kappa shape index (κ1) is 20.9. The highest BCUT2D eigenvalue weighted by atomic mass is 16.6. The zero-order valence-electron chi connectivity index (χ0n) is 17.7. The maximum absolute atomic E-state index is 12.2. The Morgan fingerprint density at radius 3 is 2.50 bits per heavy atom. The van der Waals surface area contributed by atoms with E-state index >= 15 is 0 Å². The first-order chi connectivity index (χ1) is 13.4. The molecule has 0 N–H and O–H groups in total. The maximum atomic E-state index is 12.2. The average molecular weight is 386 g/mol. The van der Waals surface area contributed by atoms with Gasteiger partial charge in [-0.25, -0.2) is 4.79 Å². The molecule has 0 radical (unpaired) electrons. The van der Waals surface area contributed by atoms with Gasteiger partial charge < -0.3 is 14.4 Å². The van der Waals surface area contributed by atoms with Crippen molar-refractivity contribution in [2.75, 3.05) is 19.7 Å². The van der Waals surface area contributed by atoms with Gasteiger partial charge in [0.2, 0.25) is 0 Å². The van der Waals surface area contributed by atoms with Crippen molar-refractivity contribution < 1.29 is 14.3 Å². The molecule has 2 aliphatic heterocycles. The summed E-state index contributed by atoms with van der Waals surface area (Å²) in [5.41, 5.74) is 2.41. The molecule has 0 spiro atoms. The van der Waals surface area contributed by atoms with Gasteiger partial charge in [0.15, 0.2) is 0 Å². The van der Waals surface area contributed by atoms with Gasteiger partial charge in [-0.05, 0) is 63.9 Å². The van der Waals surface area contributed by atoms with Crippen LogP contribution >= 0.6 is 0 Å². The fraction of sp³-hybridized carbons (Fsp3) is 0.625. The van der Waals surface area contributed by atoms with Crippen molar-refractivity contribution in [3.05, 3.63) is 47.5 Å². The summed E-state index contributed by atoms with van der Waals surface area (Å²) < 4.78 is 11.3. The number of hydrogen-bond acceptors (Lipinski definition) is 3. The first-order valence-electron chi connectivity index (χ1n) is 10.7. The quantitative estimate of drug-likeness (QED) is 0.433. The van der Waals surface area contributed by atoms with Gasteiger partial charge in [-0.1, -0.05) is 48.4 Å². The predicted octanol–water partition coefficient (Wildman–Crippen LogP) is 5.58. The molecule has 4 rings (SSSR count). The van der Waals surface area contributed by atoms with Crippen molar-refractivity contribution in [2.24, 2.45) is 11.8 Å². The molecule has 1 aromatic rings. The number of carbonyl (C=O) groups is 1. The Balaban J connectivity index is 1.27. The number of benzene rings is 1. The van der Waals surface area contributed by atoms with Crippen LogP contribution in [-0.4, -0.2) is 36.3 Å². The number of nitrogens with zero attached hydrogens (tertiary/aromatic N) is 1. The topological polar surface area (TPSA) is 38.8 Å². The van der Waals surface area contributed by atoms with Crippen LogP contribution in [0, 0.1) is 11.8 Å². The number of ether oxygens (including phenoxy) is 2. The molecule has 1 amide bonds. The lowest BCUT2D eigenvalue weighted by Crippen LogP contribution is -2.53. The van der Waals surface area contributed by atoms with E-state index in [0.717, 1.165) is 32.5 Å². The lowest BCUT2D eigenvalue weighted by molar-refractivity contribution is 0.00286. The van der Waals surface area contributed by atoms with E-state index < -0.39 is 5.60 Å². The largest absolute Gasteiger partial charge is 0.444 e. The molecule has 1 saturated carbocycles. The van der Waals surface area contributed by atoms with Crippen LogP contribution in [0.5, 0.6) is 0 Å². The number of amides is 1. The summed E-state index contributed by atoms with van der Waals surface area (Å²) in [5.74, 6) is 1.11. The van der Waals surface area contributed by atoms with E-state index in [1.54, 1.807) is 5.57 Å². The van der Waals surface area contributed by atoms with Crippen LogP contribution in [0.2, 0.25) is 0 Å². The Kier molecular flexibility index (Phi) is 7.17. The number of piperidine rings is 2. The minimum absolute atomic E-state index is 0.156. The summed E-state index contributed by atoms with van der Waals surface area (Å²) in [6.07, 6.45) is 8.21. The fourth-order valence-corrected chi connectivity index (χ4v) is 4.12. The van der Waals surface area contributed by atoms with E-state index in [2.05, 4.69) is 30.3 Å². The van der Waals surface area contributed by atoms with Crippen LogP contribution in [-0.2, 0) is 16.1 Å². The van der Waals surface area contributed by atoms with Crippen molar-refractivity contribution in [1.82, 2.24) is 4.90 Å². The van der Waals surface area contributed by atoms with E-state index in [-0.39, 0.29) is 6.09 Å². The van der Waals surface area contributed by atoms with Gasteiger partial charge in [-0.15, -0.1) is 0 Å². The van der Waals surface area contributed by atoms with Crippen LogP contribution in [0.1, 0.15) is 58.4 Å². The summed E-state index contributed by atoms with van der Waals surface area (Å²) >= 11 is 0. The zero-order valence-corrected chi connectivity index (χ0v) is 17.7. The summed E-state index contributed by atoms with van der Waals surface area (Å²) in [7, 11) is 0. The Bertz CT molecular complexity index is 648. The molecule has 0 aromatic heterocycles. The van der Waals surface area contributed by atoms with Gasteiger partial charge in [0.05, 0.1) is 6.61 Å². The zero-order chi connectivity index (χ0) is 20.0. The highest BCUT2D eigenvalue weighted by Gasteiger charge is 2.43. The molecule has 2 atom stereocenters. The summed E-state index contributed by atoms with van der Waals surface area (Å²) in [6, 6.07) is 10.3. The number of fused-ring (bicyclic) bond motifs is 2. The third-order valence-electron chi connectivity index (χ3n) is 5.53. The van der Waals surface area contributed by atoms with E-state index in [9.17, 15) is 4.79 Å². The Labute approximate surface area is 169 Å². The number of unbranched alkanes of at least 4 members (excludes halogenated alkanes) is 3. The Morgan fingerprint density at radius 1 is 1.11 bits per heavy atom. The SMILES string of the molecule is CC(C)(C)OC(=O)N1CC2CC(C1)C2=CCCCCCOCc1ccccc1. The average Bonchev–Trinajstić information content (AvgIpc) is 2.66. The Hall–Kier alpha value is -1.81. The molecule has 3 aliphatic rings. The van der Waals surface area contributed by atoms with Crippen LogP contribution in [0.3, 0.4) is 0 Å². The van der Waals surface area contributed by atoms with Crippen molar-refractivity contribution in [3.8, 4) is 0 Å². The van der Waals surface area contributed by atoms with Crippen molar-refractivity contribution in [2.45, 2.75) is 65.1 Å². The third kappa shape index (κ3) is 6.10. The normalized spacial score (nSPS) is 21.2. The standard InChI is InChI=1S/C24H35NO3/c1-24(2,3)28-23(26)25-16-20-15-21(17-25)22(20)13-9-4-5-10-14-27-18-19-11-7-6-8-12-19/h6-8,11-13,20-21H,4-5,9-10,14-18H2,1-3H3. The second-order valence-electron chi connectivity index (χ2n) is 9.11. The number of hydrogen-bond donors (Lipinski definition) is 0. The smallest absolute Gasteiger partial charge is 0.410 e. The highest BCUT2D eigenvalue weighted by molar-refractivity contribution is 5.69. The second kappa shape index (κ2) is 9.60. The molecule has 4 heteroatoms. The predicted molar refractivity (Wildman–Crippen MR) is 112 cm³/mol. The van der Waals surface area contributed by atoms with Crippen molar-refractivity contribution in [1.29, 1.82) is 0 Å². The van der Waals surface area contributed by atoms with Crippen LogP contribution in [0.15, 0.2) is 42.0 Å². The highest BCUT2D eigenvalue weighted by Crippen LogP contribution is 2.45. The molecule has 2 heterocycles. The lowest BCUT2D eigenvalue weighted by Gasteiger charge is -2.49. The third-order valence-corrected chi connectivity index (χ3v) is 5.53. The van der Waals surface area contributed by atoms with Gasteiger partial charge in [0.25, 0.3) is 0 Å². The monoisotopic (exact) mass is 385 g/mol. The van der Waals surface area contributed by atoms with Crippen molar-refractivity contribution in [3.63, 3.8) is 0 Å². The molecule has 2 unspecified atom stereocenters. The van der Waals surface area contributed by atoms with Crippen LogP contribution in [0.25, 0.3) is 0 Å². The summed E-state index contributed by atoms with van der Waals surface area (Å²) in [4.78, 5) is 14.1. The van der Waals surface area contributed by atoms with Gasteiger partial charge in [0.1, 0.15) is 5.60 Å². The fourth-order valence-electron chi connectivity index (χ4n) is 4.12. The minimum Gasteiger partial charge on any atom is -0.444 e.